The van der Waals surface area contributed by atoms with Gasteiger partial charge in [-0.3, -0.25) is 4.68 Å². The van der Waals surface area contributed by atoms with Gasteiger partial charge in [-0.25, -0.2) is 0 Å². The van der Waals surface area contributed by atoms with Crippen molar-refractivity contribution in [1.29, 1.82) is 0 Å². The molecule has 0 spiro atoms. The van der Waals surface area contributed by atoms with Crippen molar-refractivity contribution in [3.8, 4) is 0 Å². The normalized spacial score (nSPS) is 16.2. The van der Waals surface area contributed by atoms with Crippen LogP contribution in [0.15, 0.2) is 18.5 Å². The van der Waals surface area contributed by atoms with Crippen molar-refractivity contribution >= 4 is 17.0 Å². The summed E-state index contributed by atoms with van der Waals surface area (Å²) in [6, 6.07) is 3.18. The molecule has 2 aromatic rings. The second-order valence-electron chi connectivity index (χ2n) is 5.97. The molecule has 4 heteroatoms. The van der Waals surface area contributed by atoms with E-state index in [1.165, 1.54) is 30.6 Å². The summed E-state index contributed by atoms with van der Waals surface area (Å²) in [7, 11) is 0. The molecule has 0 aliphatic heterocycles. The third kappa shape index (κ3) is 2.75. The first-order chi connectivity index (χ1) is 9.63. The van der Waals surface area contributed by atoms with Crippen LogP contribution in [0.4, 0.5) is 5.69 Å². The molecule has 0 radical (unpaired) electrons. The average Bonchev–Trinajstić information content (AvgIpc) is 3.04. The molecule has 0 aromatic carbocycles. The zero-order valence-corrected chi connectivity index (χ0v) is 13.3. The fraction of sp³-hybridized carbons (Fsp3) is 0.562. The fourth-order valence-corrected chi connectivity index (χ4v) is 4.00. The maximum atomic E-state index is 4.39. The summed E-state index contributed by atoms with van der Waals surface area (Å²) in [6.07, 6.45) is 9.27. The maximum absolute atomic E-state index is 4.39. The Balaban J connectivity index is 1.71. The molecule has 0 bridgehead atoms. The van der Waals surface area contributed by atoms with Gasteiger partial charge in [-0.1, -0.05) is 0 Å². The summed E-state index contributed by atoms with van der Waals surface area (Å²) in [5, 5.41) is 7.95. The predicted octanol–water partition coefficient (Wildman–Crippen LogP) is 4.58. The quantitative estimate of drug-likeness (QED) is 0.893. The molecule has 3 rings (SSSR count). The topological polar surface area (TPSA) is 29.9 Å². The summed E-state index contributed by atoms with van der Waals surface area (Å²) < 4.78 is 1.99. The standard InChI is InChI=1S/C16H23N3S/c1-11(2)19-10-14(9-17-19)18-12(3)16-8-13-6-4-5-7-15(13)20-16/h8-12,18H,4-7H2,1-3H3. The Morgan fingerprint density at radius 3 is 2.75 bits per heavy atom. The van der Waals surface area contributed by atoms with Crippen molar-refractivity contribution in [1.82, 2.24) is 9.78 Å². The van der Waals surface area contributed by atoms with Gasteiger partial charge in [0, 0.05) is 22.0 Å². The van der Waals surface area contributed by atoms with Gasteiger partial charge in [-0.05, 0) is 58.1 Å². The molecule has 3 nitrogen and oxygen atoms in total. The minimum atomic E-state index is 0.357. The summed E-state index contributed by atoms with van der Waals surface area (Å²) in [5.74, 6) is 0. The second-order valence-corrected chi connectivity index (χ2v) is 7.14. The molecule has 1 aliphatic carbocycles. The van der Waals surface area contributed by atoms with Gasteiger partial charge in [0.2, 0.25) is 0 Å². The lowest BCUT2D eigenvalue weighted by atomic mass is 9.99. The molecular weight excluding hydrogens is 266 g/mol. The number of aromatic nitrogens is 2. The number of fused-ring (bicyclic) bond motifs is 1. The molecule has 2 aromatic heterocycles. The van der Waals surface area contributed by atoms with Crippen LogP contribution in [0.25, 0.3) is 0 Å². The molecule has 0 saturated carbocycles. The predicted molar refractivity (Wildman–Crippen MR) is 85.6 cm³/mol. The lowest BCUT2D eigenvalue weighted by molar-refractivity contribution is 0.532. The van der Waals surface area contributed by atoms with Gasteiger partial charge in [-0.15, -0.1) is 11.3 Å². The highest BCUT2D eigenvalue weighted by Crippen LogP contribution is 2.34. The third-order valence-corrected chi connectivity index (χ3v) is 5.38. The Hall–Kier alpha value is -1.29. The minimum Gasteiger partial charge on any atom is -0.375 e. The second kappa shape index (κ2) is 5.60. The van der Waals surface area contributed by atoms with Gasteiger partial charge in [0.1, 0.15) is 0 Å². The SMILES string of the molecule is CC(Nc1cnn(C(C)C)c1)c1cc2c(s1)CCCC2. The van der Waals surface area contributed by atoms with E-state index in [0.717, 1.165) is 5.69 Å². The molecule has 0 fully saturated rings. The maximum Gasteiger partial charge on any atom is 0.0731 e. The smallest absolute Gasteiger partial charge is 0.0731 e. The first-order valence-corrected chi connectivity index (χ1v) is 8.37. The third-order valence-electron chi connectivity index (χ3n) is 3.96. The van der Waals surface area contributed by atoms with Crippen LogP contribution < -0.4 is 5.32 Å². The number of thiophene rings is 1. The summed E-state index contributed by atoms with van der Waals surface area (Å²) in [4.78, 5) is 3.06. The zero-order chi connectivity index (χ0) is 14.1. The Labute approximate surface area is 125 Å². The van der Waals surface area contributed by atoms with E-state index in [9.17, 15) is 0 Å². The van der Waals surface area contributed by atoms with Gasteiger partial charge in [0.25, 0.3) is 0 Å². The van der Waals surface area contributed by atoms with E-state index in [0.29, 0.717) is 12.1 Å². The van der Waals surface area contributed by atoms with E-state index in [-0.39, 0.29) is 0 Å². The first-order valence-electron chi connectivity index (χ1n) is 7.55. The van der Waals surface area contributed by atoms with E-state index in [2.05, 4.69) is 43.4 Å². The van der Waals surface area contributed by atoms with E-state index < -0.39 is 0 Å². The molecular formula is C16H23N3S. The van der Waals surface area contributed by atoms with Crippen LogP contribution in [0.3, 0.4) is 0 Å². The van der Waals surface area contributed by atoms with E-state index in [1.807, 2.05) is 22.2 Å². The summed E-state index contributed by atoms with van der Waals surface area (Å²) in [6.45, 7) is 6.53. The number of nitrogens with one attached hydrogen (secondary N) is 1. The highest BCUT2D eigenvalue weighted by molar-refractivity contribution is 7.12. The Morgan fingerprint density at radius 1 is 1.25 bits per heavy atom. The number of rotatable bonds is 4. The largest absolute Gasteiger partial charge is 0.375 e. The van der Waals surface area contributed by atoms with Crippen molar-refractivity contribution in [2.24, 2.45) is 0 Å². The summed E-state index contributed by atoms with van der Waals surface area (Å²) >= 11 is 1.99. The number of anilines is 1. The van der Waals surface area contributed by atoms with Gasteiger partial charge in [-0.2, -0.15) is 5.10 Å². The highest BCUT2D eigenvalue weighted by atomic mass is 32.1. The molecule has 1 atom stereocenters. The number of aryl methyl sites for hydroxylation is 2. The lowest BCUT2D eigenvalue weighted by Crippen LogP contribution is -2.04. The molecule has 1 unspecified atom stereocenters. The van der Waals surface area contributed by atoms with Crippen molar-refractivity contribution in [2.45, 2.75) is 58.5 Å². The van der Waals surface area contributed by atoms with Crippen LogP contribution in [0.5, 0.6) is 0 Å². The lowest BCUT2D eigenvalue weighted by Gasteiger charge is -2.11. The first kappa shape index (κ1) is 13.7. The van der Waals surface area contributed by atoms with Gasteiger partial charge in [0.15, 0.2) is 0 Å². The molecule has 0 saturated heterocycles. The Bertz CT molecular complexity index is 559. The van der Waals surface area contributed by atoms with Crippen LogP contribution in [-0.2, 0) is 12.8 Å². The number of hydrogen-bond acceptors (Lipinski definition) is 3. The van der Waals surface area contributed by atoms with Crippen molar-refractivity contribution in [2.75, 3.05) is 5.32 Å². The molecule has 2 heterocycles. The van der Waals surface area contributed by atoms with Crippen LogP contribution in [-0.4, -0.2) is 9.78 Å². The van der Waals surface area contributed by atoms with Gasteiger partial charge >= 0.3 is 0 Å². The fourth-order valence-electron chi connectivity index (χ4n) is 2.74. The molecule has 108 valence electrons. The van der Waals surface area contributed by atoms with Crippen molar-refractivity contribution in [3.63, 3.8) is 0 Å². The number of hydrogen-bond donors (Lipinski definition) is 1. The Kier molecular flexibility index (Phi) is 3.83. The molecule has 20 heavy (non-hydrogen) atoms. The van der Waals surface area contributed by atoms with E-state index >= 15 is 0 Å². The zero-order valence-electron chi connectivity index (χ0n) is 12.5. The number of nitrogens with zero attached hydrogens (tertiary/aromatic N) is 2. The van der Waals surface area contributed by atoms with Crippen LogP contribution in [0, 0.1) is 0 Å². The van der Waals surface area contributed by atoms with Crippen LogP contribution in [0.2, 0.25) is 0 Å². The monoisotopic (exact) mass is 289 g/mol. The van der Waals surface area contributed by atoms with Gasteiger partial charge < -0.3 is 5.32 Å². The Morgan fingerprint density at radius 2 is 2.05 bits per heavy atom. The van der Waals surface area contributed by atoms with E-state index in [4.69, 9.17) is 0 Å². The van der Waals surface area contributed by atoms with Crippen LogP contribution >= 0.6 is 11.3 Å². The minimum absolute atomic E-state index is 0.357. The molecule has 1 aliphatic rings. The average molecular weight is 289 g/mol. The van der Waals surface area contributed by atoms with Crippen molar-refractivity contribution < 1.29 is 0 Å². The molecule has 0 amide bonds. The molecule has 1 N–H and O–H groups in total. The summed E-state index contributed by atoms with van der Waals surface area (Å²) in [5.41, 5.74) is 2.69. The van der Waals surface area contributed by atoms with Crippen molar-refractivity contribution in [3.05, 3.63) is 33.8 Å². The van der Waals surface area contributed by atoms with Crippen LogP contribution in [0.1, 0.15) is 61.0 Å². The van der Waals surface area contributed by atoms with Gasteiger partial charge in [0.05, 0.1) is 17.9 Å². The highest BCUT2D eigenvalue weighted by Gasteiger charge is 2.17. The van der Waals surface area contributed by atoms with E-state index in [1.54, 1.807) is 10.4 Å².